The Morgan fingerprint density at radius 2 is 1.91 bits per heavy atom. The van der Waals surface area contributed by atoms with Crippen LogP contribution in [0.15, 0.2) is 29.4 Å². The van der Waals surface area contributed by atoms with Gasteiger partial charge in [-0.15, -0.1) is 21.5 Å². The number of hydrogen-bond donors (Lipinski definition) is 1. The number of benzene rings is 1. The van der Waals surface area contributed by atoms with Crippen molar-refractivity contribution in [1.29, 1.82) is 0 Å². The zero-order valence-electron chi connectivity index (χ0n) is 18.5. The second kappa shape index (κ2) is 10.3. The number of aryl methyl sites for hydroxylation is 1. The molecule has 0 atom stereocenters. The molecule has 1 N–H and O–H groups in total. The molecule has 3 aromatic rings. The lowest BCUT2D eigenvalue weighted by Gasteiger charge is -2.08. The molecule has 0 fully saturated rings. The first kappa shape index (κ1) is 23.1. The Hall–Kier alpha value is -3.05. The highest BCUT2D eigenvalue weighted by atomic mass is 32.2. The van der Waals surface area contributed by atoms with Crippen LogP contribution >= 0.6 is 23.1 Å². The van der Waals surface area contributed by atoms with Crippen LogP contribution in [0.2, 0.25) is 0 Å². The zero-order chi connectivity index (χ0) is 23.4. The number of fused-ring (bicyclic) bond motifs is 1. The average Bonchev–Trinajstić information content (AvgIpc) is 3.51. The topological polar surface area (TPSA) is 105 Å². The molecule has 174 valence electrons. The number of ether oxygens (including phenoxy) is 3. The highest BCUT2D eigenvalue weighted by molar-refractivity contribution is 7.99. The lowest BCUT2D eigenvalue weighted by Crippen LogP contribution is -2.16. The first-order chi connectivity index (χ1) is 16.0. The minimum atomic E-state index is -0.410. The summed E-state index contributed by atoms with van der Waals surface area (Å²) in [5.41, 5.74) is 1.49. The van der Waals surface area contributed by atoms with Crippen LogP contribution in [0.1, 0.15) is 33.0 Å². The molecule has 4 rings (SSSR count). The highest BCUT2D eigenvalue weighted by Gasteiger charge is 2.28. The fourth-order valence-corrected chi connectivity index (χ4v) is 5.54. The number of esters is 1. The molecular formula is C22H24N4O5S2. The fourth-order valence-electron chi connectivity index (χ4n) is 3.52. The molecule has 1 amide bonds. The van der Waals surface area contributed by atoms with Crippen molar-refractivity contribution in [2.75, 3.05) is 25.3 Å². The first-order valence-corrected chi connectivity index (χ1v) is 12.1. The minimum absolute atomic E-state index is 0.133. The molecule has 0 unspecified atom stereocenters. The summed E-state index contributed by atoms with van der Waals surface area (Å²) in [6, 6.07) is 7.27. The van der Waals surface area contributed by atoms with Crippen LogP contribution in [0.25, 0.3) is 0 Å². The number of nitrogens with one attached hydrogen (secondary N) is 1. The maximum absolute atomic E-state index is 12.6. The third-order valence-electron chi connectivity index (χ3n) is 5.25. The number of nitrogens with zero attached hydrogens (tertiary/aromatic N) is 3. The van der Waals surface area contributed by atoms with Gasteiger partial charge in [-0.2, -0.15) is 0 Å². The molecule has 0 spiro atoms. The number of hydrogen-bond acceptors (Lipinski definition) is 9. The number of thioether (sulfide) groups is 1. The summed E-state index contributed by atoms with van der Waals surface area (Å²) in [6.45, 7) is 0.242. The van der Waals surface area contributed by atoms with Gasteiger partial charge in [-0.1, -0.05) is 11.8 Å². The van der Waals surface area contributed by atoms with Crippen LogP contribution < -0.4 is 14.8 Å². The van der Waals surface area contributed by atoms with E-state index in [-0.39, 0.29) is 18.3 Å². The van der Waals surface area contributed by atoms with Gasteiger partial charge in [-0.3, -0.25) is 4.79 Å². The van der Waals surface area contributed by atoms with Gasteiger partial charge in [0.1, 0.15) is 23.1 Å². The van der Waals surface area contributed by atoms with E-state index in [0.717, 1.165) is 35.5 Å². The Morgan fingerprint density at radius 1 is 1.15 bits per heavy atom. The number of anilines is 1. The quantitative estimate of drug-likeness (QED) is 0.361. The number of amides is 1. The number of carbonyl (C=O) groups excluding carboxylic acids is 2. The van der Waals surface area contributed by atoms with E-state index in [9.17, 15) is 9.59 Å². The summed E-state index contributed by atoms with van der Waals surface area (Å²) >= 11 is 2.72. The van der Waals surface area contributed by atoms with Gasteiger partial charge in [-0.25, -0.2) is 4.79 Å². The van der Waals surface area contributed by atoms with Gasteiger partial charge in [0.25, 0.3) is 0 Å². The molecular weight excluding hydrogens is 464 g/mol. The predicted octanol–water partition coefficient (Wildman–Crippen LogP) is 3.47. The third kappa shape index (κ3) is 5.14. The molecule has 0 saturated heterocycles. The molecule has 0 bridgehead atoms. The molecule has 1 aliphatic rings. The van der Waals surface area contributed by atoms with Gasteiger partial charge in [0, 0.05) is 11.9 Å². The number of methoxy groups -OCH3 is 2. The minimum Gasteiger partial charge on any atom is -0.497 e. The molecule has 0 radical (unpaired) electrons. The highest BCUT2D eigenvalue weighted by Crippen LogP contribution is 2.39. The molecule has 1 aromatic carbocycles. The summed E-state index contributed by atoms with van der Waals surface area (Å²) < 4.78 is 17.6. The monoisotopic (exact) mass is 488 g/mol. The van der Waals surface area contributed by atoms with Crippen molar-refractivity contribution >= 4 is 40.0 Å². The molecule has 33 heavy (non-hydrogen) atoms. The van der Waals surface area contributed by atoms with Crippen LogP contribution in [0.5, 0.6) is 11.5 Å². The summed E-state index contributed by atoms with van der Waals surface area (Å²) in [5.74, 6) is 1.59. The molecule has 0 saturated carbocycles. The van der Waals surface area contributed by atoms with Crippen molar-refractivity contribution in [3.8, 4) is 11.5 Å². The molecule has 11 heteroatoms. The second-order valence-electron chi connectivity index (χ2n) is 7.31. The Labute approximate surface area is 199 Å². The smallest absolute Gasteiger partial charge is 0.341 e. The van der Waals surface area contributed by atoms with E-state index in [4.69, 9.17) is 14.2 Å². The second-order valence-corrected chi connectivity index (χ2v) is 9.36. The van der Waals surface area contributed by atoms with Crippen molar-refractivity contribution < 1.29 is 23.8 Å². The van der Waals surface area contributed by atoms with Crippen molar-refractivity contribution in [1.82, 2.24) is 14.8 Å². The summed E-state index contributed by atoms with van der Waals surface area (Å²) in [7, 11) is 4.79. The normalized spacial score (nSPS) is 12.3. The van der Waals surface area contributed by atoms with E-state index < -0.39 is 5.97 Å². The maximum Gasteiger partial charge on any atom is 0.341 e. The van der Waals surface area contributed by atoms with E-state index in [1.54, 1.807) is 11.7 Å². The van der Waals surface area contributed by atoms with Gasteiger partial charge in [-0.05, 0) is 49.1 Å². The zero-order valence-corrected chi connectivity index (χ0v) is 20.2. The number of carbonyl (C=O) groups is 2. The van der Waals surface area contributed by atoms with Gasteiger partial charge >= 0.3 is 5.97 Å². The van der Waals surface area contributed by atoms with Crippen molar-refractivity contribution in [2.45, 2.75) is 31.0 Å². The predicted molar refractivity (Wildman–Crippen MR) is 125 cm³/mol. The Kier molecular flexibility index (Phi) is 7.19. The van der Waals surface area contributed by atoms with Crippen LogP contribution in [0.4, 0.5) is 5.00 Å². The van der Waals surface area contributed by atoms with E-state index in [1.807, 2.05) is 31.3 Å². The molecule has 2 heterocycles. The third-order valence-corrected chi connectivity index (χ3v) is 7.48. The van der Waals surface area contributed by atoms with Crippen LogP contribution in [-0.2, 0) is 36.0 Å². The molecule has 0 aliphatic heterocycles. The van der Waals surface area contributed by atoms with E-state index in [1.165, 1.54) is 30.2 Å². The first-order valence-electron chi connectivity index (χ1n) is 10.3. The number of thiophene rings is 1. The van der Waals surface area contributed by atoms with Gasteiger partial charge in [0.05, 0.1) is 25.5 Å². The Balaban J connectivity index is 1.34. The molecule has 9 nitrogen and oxygen atoms in total. The van der Waals surface area contributed by atoms with Crippen molar-refractivity contribution in [3.05, 3.63) is 46.1 Å². The van der Waals surface area contributed by atoms with Crippen LogP contribution in [-0.4, -0.2) is 46.6 Å². The SMILES string of the molecule is COC(=O)c1c(NC(=O)CSc2nnc(COc3ccc(OC)cc3)n2C)sc2c1CCC2. The van der Waals surface area contributed by atoms with Gasteiger partial charge in [0.15, 0.2) is 11.0 Å². The maximum atomic E-state index is 12.6. The van der Waals surface area contributed by atoms with Gasteiger partial charge in [0.2, 0.25) is 5.91 Å². The summed E-state index contributed by atoms with van der Waals surface area (Å²) in [6.07, 6.45) is 2.78. The van der Waals surface area contributed by atoms with E-state index in [2.05, 4.69) is 15.5 Å². The van der Waals surface area contributed by atoms with Crippen molar-refractivity contribution in [3.63, 3.8) is 0 Å². The number of rotatable bonds is 9. The average molecular weight is 489 g/mol. The fraction of sp³-hybridized carbons (Fsp3) is 0.364. The lowest BCUT2D eigenvalue weighted by atomic mass is 10.1. The van der Waals surface area contributed by atoms with Crippen LogP contribution in [0.3, 0.4) is 0 Å². The molecule has 2 aromatic heterocycles. The van der Waals surface area contributed by atoms with E-state index in [0.29, 0.717) is 27.3 Å². The number of aromatic nitrogens is 3. The summed E-state index contributed by atoms with van der Waals surface area (Å²) in [5, 5.41) is 12.3. The van der Waals surface area contributed by atoms with Gasteiger partial charge < -0.3 is 24.1 Å². The summed E-state index contributed by atoms with van der Waals surface area (Å²) in [4.78, 5) is 26.0. The molecule has 1 aliphatic carbocycles. The van der Waals surface area contributed by atoms with Crippen molar-refractivity contribution in [2.24, 2.45) is 7.05 Å². The van der Waals surface area contributed by atoms with Crippen LogP contribution in [0, 0.1) is 0 Å². The van der Waals surface area contributed by atoms with E-state index >= 15 is 0 Å². The largest absolute Gasteiger partial charge is 0.497 e. The Bertz CT molecular complexity index is 1160. The standard InChI is InChI=1S/C22H24N4O5S2/c1-26-17(11-31-14-9-7-13(29-2)8-10-14)24-25-22(26)32-12-18(27)23-20-19(21(28)30-3)15-5-4-6-16(15)33-20/h7-10H,4-6,11-12H2,1-3H3,(H,23,27). The lowest BCUT2D eigenvalue weighted by molar-refractivity contribution is -0.113. The Morgan fingerprint density at radius 3 is 2.64 bits per heavy atom.